The number of benzene rings is 3. The summed E-state index contributed by atoms with van der Waals surface area (Å²) in [5, 5.41) is 14.1. The third-order valence-electron chi connectivity index (χ3n) is 6.56. The molecule has 0 saturated heterocycles. The number of carbonyl (C=O) groups excluding carboxylic acids is 2. The van der Waals surface area contributed by atoms with Crippen molar-refractivity contribution in [1.82, 2.24) is 5.32 Å². The summed E-state index contributed by atoms with van der Waals surface area (Å²) in [6.45, 7) is 4.67. The number of amides is 1. The highest BCUT2D eigenvalue weighted by atomic mass is 32.2. The molecule has 3 aromatic carbocycles. The minimum atomic E-state index is -1.02. The van der Waals surface area contributed by atoms with Gasteiger partial charge >= 0.3 is 5.97 Å². The van der Waals surface area contributed by atoms with E-state index in [1.165, 1.54) is 11.8 Å². The van der Waals surface area contributed by atoms with Gasteiger partial charge in [-0.1, -0.05) is 104 Å². The quantitative estimate of drug-likeness (QED) is 0.284. The molecule has 4 rings (SSSR count). The standard InChI is InChI=1S/C31H33NO4S/c1-22(2)25-16-9-10-17-27(25)37-29-26(33)20-31(36-30(29)35,24-14-7-4-8-15-24)19-11-18-28(34)32-21-23-12-5-3-6-13-23/h3-10,12-17,22,33H,11,18-21H2,1-2H3,(H,32,34). The number of ether oxygens (including phenoxy) is 1. The Labute approximate surface area is 222 Å². The topological polar surface area (TPSA) is 75.6 Å². The number of aliphatic hydroxyl groups is 1. The van der Waals surface area contributed by atoms with E-state index in [9.17, 15) is 14.7 Å². The number of aliphatic hydroxyl groups excluding tert-OH is 1. The van der Waals surface area contributed by atoms with E-state index in [2.05, 4.69) is 19.2 Å². The van der Waals surface area contributed by atoms with Crippen LogP contribution in [0.15, 0.2) is 100 Å². The number of hydrogen-bond acceptors (Lipinski definition) is 5. The largest absolute Gasteiger partial charge is 0.511 e. The number of rotatable bonds is 10. The van der Waals surface area contributed by atoms with Crippen molar-refractivity contribution in [3.63, 3.8) is 0 Å². The van der Waals surface area contributed by atoms with Crippen LogP contribution in [0.3, 0.4) is 0 Å². The van der Waals surface area contributed by atoms with Crippen molar-refractivity contribution in [2.75, 3.05) is 0 Å². The number of nitrogens with one attached hydrogen (secondary N) is 1. The second-order valence-electron chi connectivity index (χ2n) is 9.61. The maximum absolute atomic E-state index is 13.3. The molecule has 6 heteroatoms. The molecule has 2 N–H and O–H groups in total. The summed E-state index contributed by atoms with van der Waals surface area (Å²) in [4.78, 5) is 26.9. The van der Waals surface area contributed by atoms with Gasteiger partial charge in [-0.15, -0.1) is 0 Å². The molecule has 5 nitrogen and oxygen atoms in total. The molecule has 0 aromatic heterocycles. The van der Waals surface area contributed by atoms with Gasteiger partial charge in [0.15, 0.2) is 0 Å². The fourth-order valence-corrected chi connectivity index (χ4v) is 5.70. The first-order valence-corrected chi connectivity index (χ1v) is 13.5. The zero-order valence-corrected chi connectivity index (χ0v) is 22.1. The van der Waals surface area contributed by atoms with Gasteiger partial charge in [-0.25, -0.2) is 4.79 Å². The molecule has 0 bridgehead atoms. The first-order valence-electron chi connectivity index (χ1n) is 12.7. The van der Waals surface area contributed by atoms with Crippen LogP contribution in [0.25, 0.3) is 0 Å². The van der Waals surface area contributed by atoms with E-state index in [4.69, 9.17) is 4.74 Å². The maximum Gasteiger partial charge on any atom is 0.349 e. The van der Waals surface area contributed by atoms with Gasteiger partial charge in [0.25, 0.3) is 0 Å². The van der Waals surface area contributed by atoms with Crippen LogP contribution in [0, 0.1) is 0 Å². The summed E-state index contributed by atoms with van der Waals surface area (Å²) in [6, 6.07) is 27.2. The summed E-state index contributed by atoms with van der Waals surface area (Å²) in [5.41, 5.74) is 1.94. The Morgan fingerprint density at radius 1 is 1.00 bits per heavy atom. The van der Waals surface area contributed by atoms with Gasteiger partial charge in [0.1, 0.15) is 16.3 Å². The van der Waals surface area contributed by atoms with Crippen LogP contribution in [0.4, 0.5) is 0 Å². The van der Waals surface area contributed by atoms with Crippen molar-refractivity contribution in [3.8, 4) is 0 Å². The first kappa shape index (κ1) is 26.6. The fourth-order valence-electron chi connectivity index (χ4n) is 4.60. The predicted octanol–water partition coefficient (Wildman–Crippen LogP) is 7.00. The van der Waals surface area contributed by atoms with E-state index in [1.807, 2.05) is 84.9 Å². The molecule has 192 valence electrons. The molecule has 1 aliphatic rings. The molecule has 3 aromatic rings. The molecule has 37 heavy (non-hydrogen) atoms. The van der Waals surface area contributed by atoms with Gasteiger partial charge in [0.2, 0.25) is 5.91 Å². The van der Waals surface area contributed by atoms with E-state index in [0.29, 0.717) is 25.8 Å². The lowest BCUT2D eigenvalue weighted by atomic mass is 9.83. The maximum atomic E-state index is 13.3. The Morgan fingerprint density at radius 3 is 2.32 bits per heavy atom. The van der Waals surface area contributed by atoms with E-state index < -0.39 is 11.6 Å². The van der Waals surface area contributed by atoms with Crippen LogP contribution in [0.5, 0.6) is 0 Å². The number of esters is 1. The lowest BCUT2D eigenvalue weighted by Crippen LogP contribution is -2.38. The van der Waals surface area contributed by atoms with Gasteiger partial charge in [-0.2, -0.15) is 0 Å². The number of carbonyl (C=O) groups is 2. The monoisotopic (exact) mass is 515 g/mol. The molecule has 0 spiro atoms. The Kier molecular flexibility index (Phi) is 8.72. The molecule has 1 atom stereocenters. The van der Waals surface area contributed by atoms with Crippen molar-refractivity contribution in [1.29, 1.82) is 0 Å². The number of hydrogen-bond donors (Lipinski definition) is 2. The fraction of sp³-hybridized carbons (Fsp3) is 0.290. The van der Waals surface area contributed by atoms with Crippen LogP contribution < -0.4 is 5.32 Å². The van der Waals surface area contributed by atoms with Crippen molar-refractivity contribution in [3.05, 3.63) is 112 Å². The van der Waals surface area contributed by atoms with E-state index in [0.717, 1.165) is 21.6 Å². The summed E-state index contributed by atoms with van der Waals surface area (Å²) < 4.78 is 6.12. The SMILES string of the molecule is CC(C)c1ccccc1SC1=C(O)CC(CCCC(=O)NCc2ccccc2)(c2ccccc2)OC1=O. The molecule has 0 aliphatic carbocycles. The lowest BCUT2D eigenvalue weighted by Gasteiger charge is -2.37. The van der Waals surface area contributed by atoms with Gasteiger partial charge < -0.3 is 15.2 Å². The molecule has 1 unspecified atom stereocenters. The second-order valence-corrected chi connectivity index (χ2v) is 10.7. The predicted molar refractivity (Wildman–Crippen MR) is 147 cm³/mol. The van der Waals surface area contributed by atoms with E-state index in [1.54, 1.807) is 0 Å². The summed E-state index contributed by atoms with van der Waals surface area (Å²) >= 11 is 1.26. The highest BCUT2D eigenvalue weighted by molar-refractivity contribution is 8.04. The zero-order valence-electron chi connectivity index (χ0n) is 21.3. The minimum Gasteiger partial charge on any atom is -0.511 e. The molecule has 0 saturated carbocycles. The molecule has 0 radical (unpaired) electrons. The van der Waals surface area contributed by atoms with Gasteiger partial charge in [-0.05, 0) is 41.5 Å². The van der Waals surface area contributed by atoms with Crippen LogP contribution in [0.1, 0.15) is 62.1 Å². The van der Waals surface area contributed by atoms with Crippen LogP contribution >= 0.6 is 11.8 Å². The van der Waals surface area contributed by atoms with Gasteiger partial charge in [0, 0.05) is 17.9 Å². The summed E-state index contributed by atoms with van der Waals surface area (Å²) in [6.07, 6.45) is 1.40. The zero-order chi connectivity index (χ0) is 26.3. The van der Waals surface area contributed by atoms with Crippen LogP contribution in [0.2, 0.25) is 0 Å². The number of thioether (sulfide) groups is 1. The van der Waals surface area contributed by atoms with Crippen molar-refractivity contribution in [2.45, 2.75) is 62.5 Å². The van der Waals surface area contributed by atoms with Crippen LogP contribution in [-0.2, 0) is 26.5 Å². The van der Waals surface area contributed by atoms with Crippen molar-refractivity contribution in [2.24, 2.45) is 0 Å². The smallest absolute Gasteiger partial charge is 0.349 e. The molecule has 0 fully saturated rings. The van der Waals surface area contributed by atoms with Gasteiger partial charge in [0.05, 0.1) is 6.42 Å². The normalized spacial score (nSPS) is 17.5. The average Bonchev–Trinajstić information content (AvgIpc) is 2.91. The highest BCUT2D eigenvalue weighted by Crippen LogP contribution is 2.46. The van der Waals surface area contributed by atoms with Crippen molar-refractivity contribution < 1.29 is 19.4 Å². The minimum absolute atomic E-state index is 0.0252. The molecule has 1 heterocycles. The second kappa shape index (κ2) is 12.2. The molecule has 1 amide bonds. The van der Waals surface area contributed by atoms with Gasteiger partial charge in [-0.3, -0.25) is 4.79 Å². The molecule has 1 aliphatic heterocycles. The third kappa shape index (κ3) is 6.63. The van der Waals surface area contributed by atoms with E-state index >= 15 is 0 Å². The Hall–Kier alpha value is -3.51. The Morgan fingerprint density at radius 2 is 1.65 bits per heavy atom. The van der Waals surface area contributed by atoms with Crippen LogP contribution in [-0.4, -0.2) is 17.0 Å². The highest BCUT2D eigenvalue weighted by Gasteiger charge is 2.43. The molecular formula is C31H33NO4S. The Balaban J connectivity index is 1.49. The van der Waals surface area contributed by atoms with E-state index in [-0.39, 0.29) is 28.9 Å². The Bertz CT molecular complexity index is 1260. The summed E-state index contributed by atoms with van der Waals surface area (Å²) in [5.74, 6) is -0.292. The molecular weight excluding hydrogens is 482 g/mol. The third-order valence-corrected chi connectivity index (χ3v) is 7.76. The number of cyclic esters (lactones) is 1. The summed E-state index contributed by atoms with van der Waals surface area (Å²) in [7, 11) is 0. The average molecular weight is 516 g/mol. The first-order chi connectivity index (χ1) is 17.9. The van der Waals surface area contributed by atoms with Crippen molar-refractivity contribution >= 4 is 23.6 Å². The lowest BCUT2D eigenvalue weighted by molar-refractivity contribution is -0.160.